The van der Waals surface area contributed by atoms with Crippen molar-refractivity contribution in [3.05, 3.63) is 23.3 Å². The second-order valence-electron chi connectivity index (χ2n) is 5.87. The first-order valence-electron chi connectivity index (χ1n) is 7.45. The topological polar surface area (TPSA) is 75.2 Å². The van der Waals surface area contributed by atoms with Gasteiger partial charge in [0.05, 0.1) is 17.0 Å². The number of amides is 2. The first-order valence-corrected chi connectivity index (χ1v) is 7.45. The first kappa shape index (κ1) is 14.0. The number of aryl methyl sites for hydroxylation is 2. The van der Waals surface area contributed by atoms with Gasteiger partial charge in [0.2, 0.25) is 5.91 Å². The second kappa shape index (κ2) is 5.09. The summed E-state index contributed by atoms with van der Waals surface area (Å²) in [5.74, 6) is -0.119. The summed E-state index contributed by atoms with van der Waals surface area (Å²) in [6.45, 7) is 4.95. The van der Waals surface area contributed by atoms with Crippen LogP contribution in [0.3, 0.4) is 0 Å². The van der Waals surface area contributed by atoms with Gasteiger partial charge in [0.15, 0.2) is 0 Å². The molecule has 21 heavy (non-hydrogen) atoms. The van der Waals surface area contributed by atoms with Crippen molar-refractivity contribution in [2.75, 3.05) is 13.1 Å². The van der Waals surface area contributed by atoms with Gasteiger partial charge in [-0.15, -0.1) is 0 Å². The molecule has 6 heteroatoms. The molecule has 0 bridgehead atoms. The summed E-state index contributed by atoms with van der Waals surface area (Å²) < 4.78 is 0. The maximum atomic E-state index is 13.0. The monoisotopic (exact) mass is 288 g/mol. The molecule has 3 rings (SSSR count). The molecule has 2 aliphatic rings. The molecule has 2 saturated heterocycles. The predicted molar refractivity (Wildman–Crippen MR) is 76.8 cm³/mol. The Balaban J connectivity index is 1.99. The SMILES string of the molecule is Cc1ncnc(C)c1C(=O)N1CCCC12CCCNC2=O. The lowest BCUT2D eigenvalue weighted by Crippen LogP contribution is -2.60. The van der Waals surface area contributed by atoms with Crippen LogP contribution >= 0.6 is 0 Å². The van der Waals surface area contributed by atoms with Gasteiger partial charge >= 0.3 is 0 Å². The highest BCUT2D eigenvalue weighted by Crippen LogP contribution is 2.37. The zero-order chi connectivity index (χ0) is 15.0. The van der Waals surface area contributed by atoms with Gasteiger partial charge in [-0.25, -0.2) is 9.97 Å². The normalized spacial score (nSPS) is 25.2. The molecule has 6 nitrogen and oxygen atoms in total. The van der Waals surface area contributed by atoms with Crippen LogP contribution < -0.4 is 5.32 Å². The number of nitrogens with zero attached hydrogens (tertiary/aromatic N) is 3. The van der Waals surface area contributed by atoms with Gasteiger partial charge in [0.25, 0.3) is 5.91 Å². The van der Waals surface area contributed by atoms with E-state index in [4.69, 9.17) is 0 Å². The van der Waals surface area contributed by atoms with E-state index >= 15 is 0 Å². The van der Waals surface area contributed by atoms with E-state index in [2.05, 4.69) is 15.3 Å². The molecule has 0 aromatic carbocycles. The van der Waals surface area contributed by atoms with E-state index in [1.807, 2.05) is 13.8 Å². The minimum absolute atomic E-state index is 0.00763. The average Bonchev–Trinajstić information content (AvgIpc) is 2.86. The lowest BCUT2D eigenvalue weighted by Gasteiger charge is -2.40. The van der Waals surface area contributed by atoms with Gasteiger partial charge < -0.3 is 10.2 Å². The summed E-state index contributed by atoms with van der Waals surface area (Å²) in [5, 5.41) is 2.92. The number of piperidine rings is 1. The summed E-state index contributed by atoms with van der Waals surface area (Å²) in [6.07, 6.45) is 4.74. The number of carbonyl (C=O) groups excluding carboxylic acids is 2. The van der Waals surface area contributed by atoms with Gasteiger partial charge in [-0.05, 0) is 39.5 Å². The van der Waals surface area contributed by atoms with Gasteiger partial charge in [-0.1, -0.05) is 0 Å². The molecule has 2 amide bonds. The molecule has 112 valence electrons. The van der Waals surface area contributed by atoms with Crippen molar-refractivity contribution >= 4 is 11.8 Å². The predicted octanol–water partition coefficient (Wildman–Crippen LogP) is 0.978. The lowest BCUT2D eigenvalue weighted by atomic mass is 9.86. The number of nitrogens with one attached hydrogen (secondary N) is 1. The van der Waals surface area contributed by atoms with Crippen LogP contribution in [0, 0.1) is 13.8 Å². The van der Waals surface area contributed by atoms with Crippen LogP contribution in [0.25, 0.3) is 0 Å². The molecule has 1 N–H and O–H groups in total. The lowest BCUT2D eigenvalue weighted by molar-refractivity contribution is -0.133. The standard InChI is InChI=1S/C15H20N4O2/c1-10-12(11(2)18-9-17-10)13(20)19-8-4-6-15(19)5-3-7-16-14(15)21/h9H,3-8H2,1-2H3,(H,16,21). The van der Waals surface area contributed by atoms with Crippen LogP contribution in [-0.2, 0) is 4.79 Å². The van der Waals surface area contributed by atoms with Crippen molar-refractivity contribution in [3.8, 4) is 0 Å². The Morgan fingerprint density at radius 3 is 2.57 bits per heavy atom. The van der Waals surface area contributed by atoms with Crippen molar-refractivity contribution < 1.29 is 9.59 Å². The molecule has 1 atom stereocenters. The number of aromatic nitrogens is 2. The first-order chi connectivity index (χ1) is 10.1. The van der Waals surface area contributed by atoms with Crippen LogP contribution in [0.2, 0.25) is 0 Å². The van der Waals surface area contributed by atoms with E-state index in [0.29, 0.717) is 30.0 Å². The molecule has 3 heterocycles. The molecular weight excluding hydrogens is 268 g/mol. The van der Waals surface area contributed by atoms with Crippen molar-refractivity contribution in [3.63, 3.8) is 0 Å². The van der Waals surface area contributed by atoms with Gasteiger partial charge in [-0.3, -0.25) is 9.59 Å². The van der Waals surface area contributed by atoms with Gasteiger partial charge in [-0.2, -0.15) is 0 Å². The van der Waals surface area contributed by atoms with Crippen LogP contribution in [0.4, 0.5) is 0 Å². The Labute approximate surface area is 124 Å². The minimum Gasteiger partial charge on any atom is -0.354 e. The van der Waals surface area contributed by atoms with E-state index < -0.39 is 5.54 Å². The van der Waals surface area contributed by atoms with Gasteiger partial charge in [0.1, 0.15) is 11.9 Å². The molecule has 2 aliphatic heterocycles. The van der Waals surface area contributed by atoms with Gasteiger partial charge in [0, 0.05) is 13.1 Å². The average molecular weight is 288 g/mol. The van der Waals surface area contributed by atoms with Crippen molar-refractivity contribution in [1.82, 2.24) is 20.2 Å². The number of carbonyl (C=O) groups is 2. The largest absolute Gasteiger partial charge is 0.354 e. The molecule has 0 radical (unpaired) electrons. The maximum absolute atomic E-state index is 13.0. The Bertz CT molecular complexity index is 581. The Hall–Kier alpha value is -1.98. The van der Waals surface area contributed by atoms with E-state index in [9.17, 15) is 9.59 Å². The van der Waals surface area contributed by atoms with E-state index in [0.717, 1.165) is 25.7 Å². The Morgan fingerprint density at radius 2 is 1.90 bits per heavy atom. The fourth-order valence-corrected chi connectivity index (χ4v) is 3.57. The quantitative estimate of drug-likeness (QED) is 0.836. The fraction of sp³-hybridized carbons (Fsp3) is 0.600. The fourth-order valence-electron chi connectivity index (χ4n) is 3.57. The summed E-state index contributed by atoms with van der Waals surface area (Å²) in [4.78, 5) is 35.4. The van der Waals surface area contributed by atoms with Crippen LogP contribution in [0.5, 0.6) is 0 Å². The molecule has 1 aromatic heterocycles. The minimum atomic E-state index is -0.663. The van der Waals surface area contributed by atoms with Crippen molar-refractivity contribution in [2.24, 2.45) is 0 Å². The molecule has 0 saturated carbocycles. The smallest absolute Gasteiger partial charge is 0.258 e. The molecule has 2 fully saturated rings. The molecule has 1 spiro atoms. The number of hydrogen-bond donors (Lipinski definition) is 1. The number of hydrogen-bond acceptors (Lipinski definition) is 4. The molecule has 1 unspecified atom stereocenters. The van der Waals surface area contributed by atoms with Crippen molar-refractivity contribution in [1.29, 1.82) is 0 Å². The summed E-state index contributed by atoms with van der Waals surface area (Å²) in [6, 6.07) is 0. The number of likely N-dealkylation sites (tertiary alicyclic amines) is 1. The summed E-state index contributed by atoms with van der Waals surface area (Å²) in [7, 11) is 0. The van der Waals surface area contributed by atoms with Crippen LogP contribution in [0.15, 0.2) is 6.33 Å². The third-order valence-electron chi connectivity index (χ3n) is 4.65. The second-order valence-corrected chi connectivity index (χ2v) is 5.87. The molecule has 1 aromatic rings. The van der Waals surface area contributed by atoms with E-state index in [-0.39, 0.29) is 11.8 Å². The Kier molecular flexibility index (Phi) is 3.39. The number of rotatable bonds is 1. The van der Waals surface area contributed by atoms with Crippen molar-refractivity contribution in [2.45, 2.75) is 45.1 Å². The van der Waals surface area contributed by atoms with Crippen LogP contribution in [0.1, 0.15) is 47.4 Å². The third-order valence-corrected chi connectivity index (χ3v) is 4.65. The highest BCUT2D eigenvalue weighted by Gasteiger charge is 2.50. The van der Waals surface area contributed by atoms with Crippen LogP contribution in [-0.4, -0.2) is 45.3 Å². The zero-order valence-corrected chi connectivity index (χ0v) is 12.5. The highest BCUT2D eigenvalue weighted by atomic mass is 16.2. The van der Waals surface area contributed by atoms with E-state index in [1.165, 1.54) is 6.33 Å². The third kappa shape index (κ3) is 2.09. The maximum Gasteiger partial charge on any atom is 0.258 e. The van der Waals surface area contributed by atoms with E-state index in [1.54, 1.807) is 4.90 Å². The summed E-state index contributed by atoms with van der Waals surface area (Å²) >= 11 is 0. The molecular formula is C15H20N4O2. The zero-order valence-electron chi connectivity index (χ0n) is 12.5. The highest BCUT2D eigenvalue weighted by molar-refractivity contribution is 6.01. The summed E-state index contributed by atoms with van der Waals surface area (Å²) in [5.41, 5.74) is 1.22. The Morgan fingerprint density at radius 1 is 1.24 bits per heavy atom. The molecule has 0 aliphatic carbocycles.